The van der Waals surface area contributed by atoms with Crippen LogP contribution in [-0.2, 0) is 21.5 Å². The molecule has 0 spiro atoms. The highest BCUT2D eigenvalue weighted by Crippen LogP contribution is 2.32. The summed E-state index contributed by atoms with van der Waals surface area (Å²) in [5, 5.41) is 3.99. The fraction of sp³-hybridized carbons (Fsp3) is 0.364. The van der Waals surface area contributed by atoms with Crippen molar-refractivity contribution in [3.05, 3.63) is 61.0 Å². The Bertz CT molecular complexity index is 1090. The highest BCUT2D eigenvalue weighted by Gasteiger charge is 2.34. The van der Waals surface area contributed by atoms with Gasteiger partial charge in [0, 0.05) is 24.2 Å². The molecule has 1 aromatic heterocycles. The minimum Gasteiger partial charge on any atom is -0.353 e. The summed E-state index contributed by atoms with van der Waals surface area (Å²) in [6, 6.07) is 7.91. The Hall–Kier alpha value is -2.65. The van der Waals surface area contributed by atoms with Crippen molar-refractivity contribution in [3.63, 3.8) is 0 Å². The van der Waals surface area contributed by atoms with Crippen LogP contribution in [0.3, 0.4) is 0 Å². The number of imide groups is 1. The first-order valence-corrected chi connectivity index (χ1v) is 11.5. The van der Waals surface area contributed by atoms with Crippen LogP contribution in [0.4, 0.5) is 4.79 Å². The Balaban J connectivity index is 1.57. The summed E-state index contributed by atoms with van der Waals surface area (Å²) in [6.45, 7) is 8.27. The van der Waals surface area contributed by atoms with E-state index >= 15 is 0 Å². The number of carbonyl (C=O) groups excluding carboxylic acids is 3. The van der Waals surface area contributed by atoms with Crippen LogP contribution < -0.4 is 10.2 Å². The number of hydrogen-bond donors (Lipinski definition) is 1. The van der Waals surface area contributed by atoms with Crippen molar-refractivity contribution in [2.75, 3.05) is 13.1 Å². The fourth-order valence-corrected chi connectivity index (χ4v) is 4.63. The third-order valence-corrected chi connectivity index (χ3v) is 6.67. The Morgan fingerprint density at radius 3 is 2.39 bits per heavy atom. The molecule has 0 unspecified atom stereocenters. The van der Waals surface area contributed by atoms with Gasteiger partial charge in [-0.1, -0.05) is 56.4 Å². The average molecular weight is 460 g/mol. The third kappa shape index (κ3) is 5.54. The minimum absolute atomic E-state index is 0.0384. The molecule has 0 radical (unpaired) electrons. The van der Waals surface area contributed by atoms with Crippen molar-refractivity contribution in [3.8, 4) is 0 Å². The van der Waals surface area contributed by atoms with Gasteiger partial charge in [0.2, 0.25) is 5.91 Å². The van der Waals surface area contributed by atoms with Gasteiger partial charge in [-0.25, -0.2) is 0 Å². The second-order valence-corrected chi connectivity index (χ2v) is 10.1. The van der Waals surface area contributed by atoms with Crippen LogP contribution in [0, 0.1) is 6.92 Å². The van der Waals surface area contributed by atoms with Crippen LogP contribution in [0.2, 0.25) is 0 Å². The third-order valence-electron chi connectivity index (χ3n) is 4.88. The molecule has 1 aliphatic rings. The number of benzene rings is 1. The first kappa shape index (κ1) is 23.0. The molecule has 31 heavy (non-hydrogen) atoms. The molecule has 1 fully saturated rings. The Kier molecular flexibility index (Phi) is 6.86. The average Bonchev–Trinajstić information content (AvgIpc) is 3.15. The Morgan fingerprint density at radius 2 is 1.81 bits per heavy atom. The number of rotatable bonds is 6. The highest BCUT2D eigenvalue weighted by molar-refractivity contribution is 8.18. The molecule has 0 atom stereocenters. The molecule has 7 nitrogen and oxygen atoms in total. The van der Waals surface area contributed by atoms with Crippen LogP contribution in [0.15, 0.2) is 39.3 Å². The summed E-state index contributed by atoms with van der Waals surface area (Å²) in [6.07, 6.45) is 1.71. The molecule has 2 heterocycles. The topological polar surface area (TPSA) is 88.5 Å². The molecular formula is C22H25N3O4S2. The van der Waals surface area contributed by atoms with Gasteiger partial charge in [-0.15, -0.1) is 0 Å². The molecule has 1 saturated heterocycles. The van der Waals surface area contributed by atoms with E-state index in [4.69, 9.17) is 0 Å². The molecule has 3 amide bonds. The summed E-state index contributed by atoms with van der Waals surface area (Å²) in [7, 11) is 0. The molecule has 1 N–H and O–H groups in total. The molecular weight excluding hydrogens is 434 g/mol. The lowest BCUT2D eigenvalue weighted by Gasteiger charge is -2.18. The largest absolute Gasteiger partial charge is 0.353 e. The molecule has 1 aliphatic heterocycles. The molecule has 0 aliphatic carbocycles. The van der Waals surface area contributed by atoms with E-state index in [9.17, 15) is 19.2 Å². The zero-order chi connectivity index (χ0) is 22.8. The van der Waals surface area contributed by atoms with Crippen molar-refractivity contribution >= 4 is 46.2 Å². The molecule has 2 aromatic rings. The number of nitrogens with one attached hydrogen (secondary N) is 1. The zero-order valence-electron chi connectivity index (χ0n) is 17.9. The van der Waals surface area contributed by atoms with Gasteiger partial charge >= 0.3 is 4.87 Å². The smallest absolute Gasteiger partial charge is 0.307 e. The number of nitrogens with zero attached hydrogens (tertiary/aromatic N) is 2. The van der Waals surface area contributed by atoms with Gasteiger partial charge in [0.05, 0.1) is 4.91 Å². The van der Waals surface area contributed by atoms with E-state index in [1.165, 1.54) is 10.1 Å². The van der Waals surface area contributed by atoms with Crippen molar-refractivity contribution in [2.24, 2.45) is 0 Å². The molecule has 3 rings (SSSR count). The standard InChI is InChI=1S/C22H25N3O4S2/c1-14-13-30-20(28)25(14)12-18(26)23-9-10-24-19(27)17(31-21(24)29)11-15-5-7-16(8-6-15)22(2,3)4/h5-8,11,13H,9-10,12H2,1-4H3,(H,23,26)/b17-11+. The summed E-state index contributed by atoms with van der Waals surface area (Å²) in [4.78, 5) is 50.0. The Morgan fingerprint density at radius 1 is 1.13 bits per heavy atom. The lowest BCUT2D eigenvalue weighted by atomic mass is 9.87. The monoisotopic (exact) mass is 459 g/mol. The van der Waals surface area contributed by atoms with Gasteiger partial charge in [0.15, 0.2) is 0 Å². The summed E-state index contributed by atoms with van der Waals surface area (Å²) in [5.41, 5.74) is 2.80. The number of carbonyl (C=O) groups is 3. The number of hydrogen-bond acceptors (Lipinski definition) is 6. The molecule has 1 aromatic carbocycles. The van der Waals surface area contributed by atoms with Crippen molar-refractivity contribution in [1.29, 1.82) is 0 Å². The van der Waals surface area contributed by atoms with Crippen molar-refractivity contribution < 1.29 is 14.4 Å². The number of thioether (sulfide) groups is 1. The molecule has 0 bridgehead atoms. The normalized spacial score (nSPS) is 15.7. The van der Waals surface area contributed by atoms with Crippen LogP contribution in [-0.4, -0.2) is 39.6 Å². The molecule has 164 valence electrons. The predicted molar refractivity (Wildman–Crippen MR) is 124 cm³/mol. The number of aryl methyl sites for hydroxylation is 1. The highest BCUT2D eigenvalue weighted by atomic mass is 32.2. The molecule has 9 heteroatoms. The van der Waals surface area contributed by atoms with Crippen LogP contribution in [0.1, 0.15) is 37.6 Å². The van der Waals surface area contributed by atoms with Gasteiger partial charge in [-0.3, -0.25) is 28.6 Å². The fourth-order valence-electron chi connectivity index (χ4n) is 3.03. The zero-order valence-corrected chi connectivity index (χ0v) is 19.6. The maximum absolute atomic E-state index is 12.6. The lowest BCUT2D eigenvalue weighted by molar-refractivity contribution is -0.124. The van der Waals surface area contributed by atoms with E-state index in [0.29, 0.717) is 4.91 Å². The van der Waals surface area contributed by atoms with E-state index in [-0.39, 0.29) is 47.0 Å². The number of thiazole rings is 1. The van der Waals surface area contributed by atoms with Crippen LogP contribution >= 0.6 is 23.1 Å². The summed E-state index contributed by atoms with van der Waals surface area (Å²) < 4.78 is 1.38. The second-order valence-electron chi connectivity index (χ2n) is 8.28. The van der Waals surface area contributed by atoms with Gasteiger partial charge < -0.3 is 5.32 Å². The van der Waals surface area contributed by atoms with E-state index in [1.54, 1.807) is 18.4 Å². The van der Waals surface area contributed by atoms with Gasteiger partial charge in [-0.05, 0) is 41.3 Å². The van der Waals surface area contributed by atoms with E-state index < -0.39 is 0 Å². The SMILES string of the molecule is Cc1csc(=O)n1CC(=O)NCCN1C(=O)S/C(=C/c2ccc(C(C)(C)C)cc2)C1=O. The number of aromatic nitrogens is 1. The van der Waals surface area contributed by atoms with Gasteiger partial charge in [0.1, 0.15) is 6.54 Å². The van der Waals surface area contributed by atoms with Crippen molar-refractivity contribution in [2.45, 2.75) is 39.7 Å². The molecule has 0 saturated carbocycles. The van der Waals surface area contributed by atoms with E-state index in [1.807, 2.05) is 24.3 Å². The van der Waals surface area contributed by atoms with Crippen LogP contribution in [0.25, 0.3) is 6.08 Å². The van der Waals surface area contributed by atoms with E-state index in [0.717, 1.165) is 39.3 Å². The quantitative estimate of drug-likeness (QED) is 0.669. The summed E-state index contributed by atoms with van der Waals surface area (Å²) >= 11 is 1.94. The van der Waals surface area contributed by atoms with Gasteiger partial charge in [-0.2, -0.15) is 0 Å². The van der Waals surface area contributed by atoms with Crippen molar-refractivity contribution in [1.82, 2.24) is 14.8 Å². The lowest BCUT2D eigenvalue weighted by Crippen LogP contribution is -2.39. The maximum atomic E-state index is 12.6. The first-order valence-electron chi connectivity index (χ1n) is 9.84. The Labute approximate surface area is 189 Å². The second kappa shape index (κ2) is 9.23. The van der Waals surface area contributed by atoms with E-state index in [2.05, 4.69) is 26.1 Å². The summed E-state index contributed by atoms with van der Waals surface area (Å²) in [5.74, 6) is -0.709. The maximum Gasteiger partial charge on any atom is 0.307 e. The predicted octanol–water partition coefficient (Wildman–Crippen LogP) is 3.37. The van der Waals surface area contributed by atoms with Gasteiger partial charge in [0.25, 0.3) is 11.1 Å². The van der Waals surface area contributed by atoms with Crippen LogP contribution in [0.5, 0.6) is 0 Å². The first-order chi connectivity index (χ1) is 14.6. The number of amides is 3. The minimum atomic E-state index is -0.367.